The number of hydrogen-bond donors (Lipinski definition) is 1. The van der Waals surface area contributed by atoms with E-state index in [0.29, 0.717) is 18.5 Å². The second kappa shape index (κ2) is 16.7. The first-order valence-electron chi connectivity index (χ1n) is 13.9. The number of carboxylic acids is 1. The van der Waals surface area contributed by atoms with E-state index in [0.717, 1.165) is 63.6 Å². The molecule has 218 valence electrons. The molecule has 0 radical (unpaired) electrons. The molecular weight excluding hydrogens is 557 g/mol. The van der Waals surface area contributed by atoms with Crippen LogP contribution in [0.5, 0.6) is 11.5 Å². The minimum absolute atomic E-state index is 0. The van der Waals surface area contributed by atoms with Crippen molar-refractivity contribution in [3.63, 3.8) is 0 Å². The maximum Gasteiger partial charge on any atom is 0.322 e. The van der Waals surface area contributed by atoms with Gasteiger partial charge in [0.05, 0.1) is 0 Å². The van der Waals surface area contributed by atoms with Crippen LogP contribution in [-0.4, -0.2) is 77.1 Å². The molecule has 3 aliphatic rings. The van der Waals surface area contributed by atoms with Crippen molar-refractivity contribution in [3.05, 3.63) is 60.2 Å². The largest absolute Gasteiger partial charge is 0.480 e. The average molecular weight is 601 g/mol. The Bertz CT molecular complexity index is 968. The molecule has 3 fully saturated rings. The number of rotatable bonds is 8. The minimum Gasteiger partial charge on any atom is -0.480 e. The molecule has 2 aliphatic heterocycles. The Kier molecular flexibility index (Phi) is 14.4. The van der Waals surface area contributed by atoms with Crippen LogP contribution in [0.3, 0.4) is 0 Å². The van der Waals surface area contributed by atoms with Crippen LogP contribution in [0.2, 0.25) is 0 Å². The summed E-state index contributed by atoms with van der Waals surface area (Å²) < 4.78 is 5.92. The fraction of sp³-hybridized carbons (Fsp3) is 0.567. The van der Waals surface area contributed by atoms with Crippen molar-refractivity contribution in [2.45, 2.75) is 63.6 Å². The van der Waals surface area contributed by atoms with Crippen LogP contribution in [0.25, 0.3) is 0 Å². The SMILES string of the molecule is Cl.Cl.Cl.O=C(O)C1CN(C2CCN(Cc3ccc(Oc4ccccc4)cc3)CC2)CCN1CC1CCCCC1. The van der Waals surface area contributed by atoms with Crippen LogP contribution in [-0.2, 0) is 11.3 Å². The van der Waals surface area contributed by atoms with Gasteiger partial charge in [-0.15, -0.1) is 37.2 Å². The molecule has 2 heterocycles. The summed E-state index contributed by atoms with van der Waals surface area (Å²) in [5.41, 5.74) is 1.30. The Morgan fingerprint density at radius 3 is 2.08 bits per heavy atom. The van der Waals surface area contributed by atoms with Gasteiger partial charge in [-0.3, -0.25) is 19.5 Å². The standard InChI is InChI=1S/C30H41N3O3.3ClH/c34-30(35)29-23-32(19-20-33(29)22-24-7-3-1-4-8-24)26-15-17-31(18-16-26)21-25-11-13-28(14-12-25)36-27-9-5-2-6-10-27;;;/h2,5-6,9-14,24,26,29H,1,3-4,7-8,15-23H2,(H,34,35);3*1H. The van der Waals surface area contributed by atoms with Gasteiger partial charge in [-0.1, -0.05) is 49.6 Å². The summed E-state index contributed by atoms with van der Waals surface area (Å²) in [6.45, 7) is 6.62. The van der Waals surface area contributed by atoms with E-state index >= 15 is 0 Å². The van der Waals surface area contributed by atoms with Gasteiger partial charge in [0.15, 0.2) is 0 Å². The molecule has 0 spiro atoms. The fourth-order valence-corrected chi connectivity index (χ4v) is 6.32. The molecular formula is C30H44Cl3N3O3. The maximum absolute atomic E-state index is 12.1. The lowest BCUT2D eigenvalue weighted by Crippen LogP contribution is -2.60. The lowest BCUT2D eigenvalue weighted by molar-refractivity contribution is -0.147. The zero-order valence-electron chi connectivity index (χ0n) is 22.7. The van der Waals surface area contributed by atoms with Crippen molar-refractivity contribution >= 4 is 43.2 Å². The predicted octanol–water partition coefficient (Wildman–Crippen LogP) is 6.36. The molecule has 2 aromatic rings. The lowest BCUT2D eigenvalue weighted by atomic mass is 9.88. The first-order chi connectivity index (χ1) is 17.6. The van der Waals surface area contributed by atoms with Crippen molar-refractivity contribution in [2.24, 2.45) is 5.92 Å². The van der Waals surface area contributed by atoms with Crippen LogP contribution in [0.1, 0.15) is 50.5 Å². The van der Waals surface area contributed by atoms with Crippen LogP contribution in [0, 0.1) is 5.92 Å². The van der Waals surface area contributed by atoms with Crippen molar-refractivity contribution in [3.8, 4) is 11.5 Å². The Balaban J connectivity index is 0.00000178. The van der Waals surface area contributed by atoms with Gasteiger partial charge in [-0.25, -0.2) is 0 Å². The number of nitrogens with zero attached hydrogens (tertiary/aromatic N) is 3. The number of piperazine rings is 1. The van der Waals surface area contributed by atoms with Gasteiger partial charge in [-0.05, 0) is 74.5 Å². The molecule has 1 saturated carbocycles. The number of ether oxygens (including phenoxy) is 1. The Hall–Kier alpha value is -1.54. The minimum atomic E-state index is -0.646. The first kappa shape index (κ1) is 33.7. The second-order valence-corrected chi connectivity index (χ2v) is 10.9. The van der Waals surface area contributed by atoms with Crippen LogP contribution in [0.15, 0.2) is 54.6 Å². The molecule has 2 aromatic carbocycles. The highest BCUT2D eigenvalue weighted by molar-refractivity contribution is 5.86. The predicted molar refractivity (Wildman–Crippen MR) is 164 cm³/mol. The van der Waals surface area contributed by atoms with Gasteiger partial charge in [0.2, 0.25) is 0 Å². The van der Waals surface area contributed by atoms with Gasteiger partial charge < -0.3 is 9.84 Å². The molecule has 9 heteroatoms. The summed E-state index contributed by atoms with van der Waals surface area (Å²) in [6.07, 6.45) is 8.74. The number of carboxylic acid groups (broad SMARTS) is 1. The van der Waals surface area contributed by atoms with Crippen LogP contribution < -0.4 is 4.74 Å². The van der Waals surface area contributed by atoms with Gasteiger partial charge in [-0.2, -0.15) is 0 Å². The van der Waals surface area contributed by atoms with E-state index in [2.05, 4.69) is 26.8 Å². The van der Waals surface area contributed by atoms with E-state index in [9.17, 15) is 9.90 Å². The summed E-state index contributed by atoms with van der Waals surface area (Å²) in [5.74, 6) is 1.76. The lowest BCUT2D eigenvalue weighted by Gasteiger charge is -2.46. The molecule has 1 N–H and O–H groups in total. The molecule has 0 bridgehead atoms. The topological polar surface area (TPSA) is 56.3 Å². The number of carbonyl (C=O) groups is 1. The van der Waals surface area contributed by atoms with Gasteiger partial charge in [0, 0.05) is 38.8 Å². The van der Waals surface area contributed by atoms with Crippen molar-refractivity contribution in [1.29, 1.82) is 0 Å². The van der Waals surface area contributed by atoms with Crippen LogP contribution in [0.4, 0.5) is 0 Å². The zero-order valence-corrected chi connectivity index (χ0v) is 25.1. The second-order valence-electron chi connectivity index (χ2n) is 10.9. The van der Waals surface area contributed by atoms with E-state index in [1.807, 2.05) is 42.5 Å². The number of halogens is 3. The third-order valence-corrected chi connectivity index (χ3v) is 8.41. The third-order valence-electron chi connectivity index (χ3n) is 8.41. The van der Waals surface area contributed by atoms with Crippen molar-refractivity contribution < 1.29 is 14.6 Å². The average Bonchev–Trinajstić information content (AvgIpc) is 2.92. The zero-order chi connectivity index (χ0) is 24.7. The third kappa shape index (κ3) is 9.51. The van der Waals surface area contributed by atoms with Crippen LogP contribution >= 0.6 is 37.2 Å². The number of piperidine rings is 1. The first-order valence-corrected chi connectivity index (χ1v) is 13.9. The Labute approximate surface area is 252 Å². The fourth-order valence-electron chi connectivity index (χ4n) is 6.32. The van der Waals surface area contributed by atoms with Crippen molar-refractivity contribution in [2.75, 3.05) is 39.3 Å². The van der Waals surface area contributed by atoms with Gasteiger partial charge in [0.1, 0.15) is 17.5 Å². The molecule has 1 atom stereocenters. The molecule has 1 aliphatic carbocycles. The molecule has 2 saturated heterocycles. The summed E-state index contributed by atoms with van der Waals surface area (Å²) in [5, 5.41) is 9.98. The highest BCUT2D eigenvalue weighted by atomic mass is 35.5. The molecule has 6 nitrogen and oxygen atoms in total. The Morgan fingerprint density at radius 1 is 0.795 bits per heavy atom. The quantitative estimate of drug-likeness (QED) is 0.381. The van der Waals surface area contributed by atoms with Gasteiger partial charge in [0.25, 0.3) is 0 Å². The summed E-state index contributed by atoms with van der Waals surface area (Å²) >= 11 is 0. The van der Waals surface area contributed by atoms with Crippen molar-refractivity contribution in [1.82, 2.24) is 14.7 Å². The van der Waals surface area contributed by atoms with E-state index in [4.69, 9.17) is 4.74 Å². The summed E-state index contributed by atoms with van der Waals surface area (Å²) in [7, 11) is 0. The number of para-hydroxylation sites is 1. The maximum atomic E-state index is 12.1. The molecule has 5 rings (SSSR count). The number of benzene rings is 2. The summed E-state index contributed by atoms with van der Waals surface area (Å²) in [6, 6.07) is 18.4. The molecule has 39 heavy (non-hydrogen) atoms. The van der Waals surface area contributed by atoms with Gasteiger partial charge >= 0.3 is 5.97 Å². The molecule has 1 unspecified atom stereocenters. The van der Waals surface area contributed by atoms with E-state index < -0.39 is 5.97 Å². The highest BCUT2D eigenvalue weighted by Crippen LogP contribution is 2.28. The van der Waals surface area contributed by atoms with E-state index in [1.54, 1.807) is 0 Å². The summed E-state index contributed by atoms with van der Waals surface area (Å²) in [4.78, 5) is 19.4. The Morgan fingerprint density at radius 2 is 1.44 bits per heavy atom. The van der Waals surface area contributed by atoms with E-state index in [1.165, 1.54) is 37.7 Å². The molecule has 0 amide bonds. The normalized spacial score (nSPS) is 21.7. The molecule has 0 aromatic heterocycles. The number of aliphatic carboxylic acids is 1. The number of likely N-dealkylation sites (tertiary alicyclic amines) is 1. The smallest absolute Gasteiger partial charge is 0.322 e. The number of hydrogen-bond acceptors (Lipinski definition) is 5. The highest BCUT2D eigenvalue weighted by Gasteiger charge is 2.36. The monoisotopic (exact) mass is 599 g/mol. The van der Waals surface area contributed by atoms with E-state index in [-0.39, 0.29) is 43.3 Å².